The van der Waals surface area contributed by atoms with Crippen molar-refractivity contribution in [2.75, 3.05) is 11.9 Å². The minimum Gasteiger partial charge on any atom is -0.351 e. The highest BCUT2D eigenvalue weighted by Gasteiger charge is 2.19. The summed E-state index contributed by atoms with van der Waals surface area (Å²) in [4.78, 5) is 12.2. The first kappa shape index (κ1) is 17.2. The van der Waals surface area contributed by atoms with E-state index in [-0.39, 0.29) is 11.3 Å². The van der Waals surface area contributed by atoms with Gasteiger partial charge in [0.05, 0.1) is 5.56 Å². The van der Waals surface area contributed by atoms with Gasteiger partial charge in [0.25, 0.3) is 5.91 Å². The fourth-order valence-corrected chi connectivity index (χ4v) is 2.75. The van der Waals surface area contributed by atoms with Crippen molar-refractivity contribution in [3.8, 4) is 0 Å². The van der Waals surface area contributed by atoms with Gasteiger partial charge in [-0.3, -0.25) is 4.79 Å². The number of carbonyl (C=O) groups excluding carboxylic acids is 1. The summed E-state index contributed by atoms with van der Waals surface area (Å²) in [5.74, 6) is -0.0567. The average molecular weight is 459 g/mol. The van der Waals surface area contributed by atoms with Gasteiger partial charge in [-0.15, -0.1) is 0 Å². The Bertz CT molecular complexity index is 451. The van der Waals surface area contributed by atoms with Crippen molar-refractivity contribution in [2.24, 2.45) is 5.41 Å². The second kappa shape index (κ2) is 7.84. The van der Waals surface area contributed by atoms with Gasteiger partial charge in [-0.25, -0.2) is 0 Å². The fourth-order valence-electron chi connectivity index (χ4n) is 1.72. The van der Waals surface area contributed by atoms with E-state index in [1.165, 1.54) is 0 Å². The Morgan fingerprint density at radius 3 is 2.79 bits per heavy atom. The second-order valence-electron chi connectivity index (χ2n) is 5.26. The number of hydrogen-bond acceptors (Lipinski definition) is 1. The minimum absolute atomic E-state index is 0.0567. The number of alkyl halides is 1. The fraction of sp³-hybridized carbons (Fsp3) is 0.500. The summed E-state index contributed by atoms with van der Waals surface area (Å²) in [7, 11) is 0. The molecule has 1 amide bonds. The van der Waals surface area contributed by atoms with Crippen molar-refractivity contribution in [3.63, 3.8) is 0 Å². The summed E-state index contributed by atoms with van der Waals surface area (Å²) in [6.45, 7) is 5.00. The zero-order chi connectivity index (χ0) is 14.5. The first-order valence-electron chi connectivity index (χ1n) is 6.15. The zero-order valence-corrected chi connectivity index (χ0v) is 15.6. The molecule has 0 aliphatic heterocycles. The molecule has 106 valence electrons. The Morgan fingerprint density at radius 2 is 2.16 bits per heavy atom. The van der Waals surface area contributed by atoms with Crippen molar-refractivity contribution in [2.45, 2.75) is 26.7 Å². The molecular formula is C14H18BrClINO. The van der Waals surface area contributed by atoms with E-state index in [4.69, 9.17) is 11.6 Å². The van der Waals surface area contributed by atoms with Gasteiger partial charge in [0.1, 0.15) is 0 Å². The van der Waals surface area contributed by atoms with Crippen LogP contribution in [0.5, 0.6) is 0 Å². The number of nitrogens with one attached hydrogen (secondary N) is 1. The van der Waals surface area contributed by atoms with Crippen LogP contribution in [0.4, 0.5) is 0 Å². The Labute approximate surface area is 141 Å². The zero-order valence-electron chi connectivity index (χ0n) is 11.1. The second-order valence-corrected chi connectivity index (χ2v) is 7.66. The van der Waals surface area contributed by atoms with Gasteiger partial charge in [0.15, 0.2) is 0 Å². The molecule has 0 aliphatic rings. The number of halogens is 3. The molecule has 0 aliphatic carbocycles. The van der Waals surface area contributed by atoms with E-state index in [0.717, 1.165) is 21.7 Å². The van der Waals surface area contributed by atoms with E-state index in [1.807, 2.05) is 6.07 Å². The van der Waals surface area contributed by atoms with Crippen LogP contribution in [0.2, 0.25) is 5.02 Å². The normalized spacial score (nSPS) is 11.4. The minimum atomic E-state index is -0.0567. The number of hydrogen-bond donors (Lipinski definition) is 1. The van der Waals surface area contributed by atoms with E-state index < -0.39 is 0 Å². The molecule has 0 aromatic heterocycles. The molecule has 19 heavy (non-hydrogen) atoms. The molecule has 1 aromatic carbocycles. The highest BCUT2D eigenvalue weighted by atomic mass is 127. The highest BCUT2D eigenvalue weighted by molar-refractivity contribution is 14.1. The van der Waals surface area contributed by atoms with Crippen LogP contribution in [0.15, 0.2) is 18.2 Å². The standard InChI is InChI=1S/C14H18BrClINO/c1-14(2,6-3-7-15)9-18-13(19)11-8-10(16)4-5-12(11)17/h4-5,8H,3,6-7,9H2,1-2H3,(H,18,19). The SMILES string of the molecule is CC(C)(CCCBr)CNC(=O)c1cc(Cl)ccc1I. The Hall–Kier alpha value is 0.190. The third-order valence-corrected chi connectivity index (χ3v) is 4.62. The lowest BCUT2D eigenvalue weighted by molar-refractivity contribution is 0.0933. The molecule has 1 aromatic rings. The largest absolute Gasteiger partial charge is 0.351 e. The Morgan fingerprint density at radius 1 is 1.47 bits per heavy atom. The maximum Gasteiger partial charge on any atom is 0.252 e. The van der Waals surface area contributed by atoms with E-state index >= 15 is 0 Å². The van der Waals surface area contributed by atoms with Crippen molar-refractivity contribution in [3.05, 3.63) is 32.4 Å². The summed E-state index contributed by atoms with van der Waals surface area (Å²) < 4.78 is 0.915. The average Bonchev–Trinajstić information content (AvgIpc) is 2.36. The Kier molecular flexibility index (Phi) is 7.11. The third-order valence-electron chi connectivity index (χ3n) is 2.89. The molecule has 0 unspecified atom stereocenters. The molecule has 1 N–H and O–H groups in total. The topological polar surface area (TPSA) is 29.1 Å². The van der Waals surface area contributed by atoms with Crippen LogP contribution < -0.4 is 5.32 Å². The van der Waals surface area contributed by atoms with Gasteiger partial charge in [-0.1, -0.05) is 41.4 Å². The van der Waals surface area contributed by atoms with E-state index in [9.17, 15) is 4.79 Å². The summed E-state index contributed by atoms with van der Waals surface area (Å²) >= 11 is 11.5. The molecule has 1 rings (SSSR count). The highest BCUT2D eigenvalue weighted by Crippen LogP contribution is 2.22. The third kappa shape index (κ3) is 6.00. The summed E-state index contributed by atoms with van der Waals surface area (Å²) in [6, 6.07) is 5.36. The van der Waals surface area contributed by atoms with Crippen LogP contribution in [0.25, 0.3) is 0 Å². The molecular weight excluding hydrogens is 440 g/mol. The van der Waals surface area contributed by atoms with E-state index in [1.54, 1.807) is 12.1 Å². The van der Waals surface area contributed by atoms with E-state index in [2.05, 4.69) is 57.7 Å². The van der Waals surface area contributed by atoms with Gasteiger partial charge < -0.3 is 5.32 Å². The van der Waals surface area contributed by atoms with Gasteiger partial charge in [0.2, 0.25) is 0 Å². The number of amides is 1. The number of carbonyl (C=O) groups is 1. The molecule has 0 spiro atoms. The smallest absolute Gasteiger partial charge is 0.252 e. The summed E-state index contributed by atoms with van der Waals surface area (Å²) in [5.41, 5.74) is 0.748. The molecule has 0 heterocycles. The van der Waals surface area contributed by atoms with Crippen molar-refractivity contribution >= 4 is 56.0 Å². The van der Waals surface area contributed by atoms with Gasteiger partial charge >= 0.3 is 0 Å². The van der Waals surface area contributed by atoms with Crippen LogP contribution in [-0.2, 0) is 0 Å². The maximum atomic E-state index is 12.2. The molecule has 0 radical (unpaired) electrons. The van der Waals surface area contributed by atoms with Crippen LogP contribution in [0.3, 0.4) is 0 Å². The molecule has 2 nitrogen and oxygen atoms in total. The van der Waals surface area contributed by atoms with Crippen molar-refractivity contribution in [1.82, 2.24) is 5.32 Å². The van der Waals surface area contributed by atoms with Gasteiger partial charge in [-0.05, 0) is 59.0 Å². The lowest BCUT2D eigenvalue weighted by atomic mass is 9.88. The lowest BCUT2D eigenvalue weighted by Crippen LogP contribution is -2.34. The summed E-state index contributed by atoms with van der Waals surface area (Å²) in [6.07, 6.45) is 2.18. The number of benzene rings is 1. The maximum absolute atomic E-state index is 12.2. The predicted molar refractivity (Wildman–Crippen MR) is 93.3 cm³/mol. The van der Waals surface area contributed by atoms with Crippen LogP contribution >= 0.6 is 50.1 Å². The van der Waals surface area contributed by atoms with Gasteiger partial charge in [-0.2, -0.15) is 0 Å². The van der Waals surface area contributed by atoms with Crippen LogP contribution in [0, 0.1) is 8.99 Å². The first-order chi connectivity index (χ1) is 8.85. The molecule has 0 bridgehead atoms. The molecule has 0 saturated heterocycles. The first-order valence-corrected chi connectivity index (χ1v) is 8.73. The van der Waals surface area contributed by atoms with Gasteiger partial charge in [0, 0.05) is 20.5 Å². The summed E-state index contributed by atoms with van der Waals surface area (Å²) in [5, 5.41) is 4.58. The predicted octanol–water partition coefficient (Wildman–Crippen LogP) is 4.88. The monoisotopic (exact) mass is 457 g/mol. The van der Waals surface area contributed by atoms with E-state index in [0.29, 0.717) is 17.1 Å². The number of rotatable bonds is 6. The lowest BCUT2D eigenvalue weighted by Gasteiger charge is -2.24. The molecule has 5 heteroatoms. The quantitative estimate of drug-likeness (QED) is 0.478. The van der Waals surface area contributed by atoms with Crippen molar-refractivity contribution in [1.29, 1.82) is 0 Å². The molecule has 0 fully saturated rings. The molecule has 0 saturated carbocycles. The van der Waals surface area contributed by atoms with Crippen LogP contribution in [0.1, 0.15) is 37.0 Å². The van der Waals surface area contributed by atoms with Crippen molar-refractivity contribution < 1.29 is 4.79 Å². The molecule has 0 atom stereocenters. The van der Waals surface area contributed by atoms with Crippen LogP contribution in [-0.4, -0.2) is 17.8 Å². The Balaban J connectivity index is 2.62.